The number of carbonyl (C=O) groups is 1. The average Bonchev–Trinajstić information content (AvgIpc) is 2.88. The summed E-state index contributed by atoms with van der Waals surface area (Å²) in [6, 6.07) is 7.82. The van der Waals surface area contributed by atoms with Crippen molar-refractivity contribution in [2.75, 3.05) is 30.8 Å². The van der Waals surface area contributed by atoms with E-state index in [-0.39, 0.29) is 5.91 Å². The maximum Gasteiger partial charge on any atom is 0.267 e. The number of nitrogen functional groups attached to an aromatic ring is 1. The fraction of sp³-hybridized carbons (Fsp3) is 0.381. The number of amides is 1. The third-order valence-corrected chi connectivity index (χ3v) is 5.39. The van der Waals surface area contributed by atoms with E-state index in [1.165, 1.54) is 11.2 Å². The summed E-state index contributed by atoms with van der Waals surface area (Å²) >= 11 is 0. The van der Waals surface area contributed by atoms with Crippen molar-refractivity contribution in [3.05, 3.63) is 47.4 Å². The van der Waals surface area contributed by atoms with Crippen LogP contribution in [0.5, 0.6) is 0 Å². The number of rotatable bonds is 1. The summed E-state index contributed by atoms with van der Waals surface area (Å²) in [6.07, 6.45) is 3.70. The van der Waals surface area contributed by atoms with Crippen LogP contribution in [0.2, 0.25) is 0 Å². The van der Waals surface area contributed by atoms with E-state index in [9.17, 15) is 9.90 Å². The van der Waals surface area contributed by atoms with Gasteiger partial charge in [-0.2, -0.15) is 0 Å². The molecule has 0 spiro atoms. The van der Waals surface area contributed by atoms with Crippen molar-refractivity contribution < 1.29 is 9.90 Å². The van der Waals surface area contributed by atoms with Crippen molar-refractivity contribution in [1.82, 2.24) is 14.9 Å². The van der Waals surface area contributed by atoms with Gasteiger partial charge in [0.15, 0.2) is 0 Å². The molecule has 1 saturated heterocycles. The van der Waals surface area contributed by atoms with Crippen molar-refractivity contribution in [2.24, 2.45) is 0 Å². The highest BCUT2D eigenvalue weighted by atomic mass is 16.3. The summed E-state index contributed by atoms with van der Waals surface area (Å²) in [5.41, 5.74) is 8.25. The van der Waals surface area contributed by atoms with Gasteiger partial charge in [0.1, 0.15) is 12.1 Å². The molecule has 7 nitrogen and oxygen atoms in total. The molecule has 2 aliphatic heterocycles. The molecular weight excluding hydrogens is 354 g/mol. The Morgan fingerprint density at radius 2 is 2.14 bits per heavy atom. The highest BCUT2D eigenvalue weighted by Gasteiger charge is 2.42. The molecule has 0 bridgehead atoms. The topological polar surface area (TPSA) is 95.6 Å². The monoisotopic (exact) mass is 377 g/mol. The van der Waals surface area contributed by atoms with Crippen LogP contribution in [0.25, 0.3) is 0 Å². The van der Waals surface area contributed by atoms with E-state index >= 15 is 0 Å². The highest BCUT2D eigenvalue weighted by molar-refractivity contribution is 5.90. The number of fused-ring (bicyclic) bond motifs is 1. The normalized spacial score (nSPS) is 21.7. The second-order valence-corrected chi connectivity index (χ2v) is 7.35. The number of hydrogen-bond acceptors (Lipinski definition) is 6. The minimum absolute atomic E-state index is 0.331. The number of nitrogens with zero attached hydrogens (tertiary/aromatic N) is 4. The number of aromatic nitrogens is 2. The molecule has 1 atom stereocenters. The molecule has 28 heavy (non-hydrogen) atoms. The molecule has 0 radical (unpaired) electrons. The van der Waals surface area contributed by atoms with Gasteiger partial charge in [0.25, 0.3) is 5.91 Å². The first-order chi connectivity index (χ1) is 13.5. The Bertz CT molecular complexity index is 980. The number of carbonyl (C=O) groups excluding carboxylic acids is 1. The molecule has 144 valence electrons. The van der Waals surface area contributed by atoms with Crippen LogP contribution < -0.4 is 10.6 Å². The van der Waals surface area contributed by atoms with Crippen molar-refractivity contribution in [3.8, 4) is 11.8 Å². The number of likely N-dealkylation sites (tertiary alicyclic amines) is 1. The van der Waals surface area contributed by atoms with E-state index in [0.29, 0.717) is 25.3 Å². The second kappa shape index (κ2) is 7.13. The summed E-state index contributed by atoms with van der Waals surface area (Å²) < 4.78 is 0. The molecule has 1 amide bonds. The first-order valence-corrected chi connectivity index (χ1v) is 9.41. The maximum atomic E-state index is 12.1. The Morgan fingerprint density at radius 1 is 1.29 bits per heavy atom. The zero-order valence-corrected chi connectivity index (χ0v) is 15.9. The van der Waals surface area contributed by atoms with Crippen LogP contribution in [0.1, 0.15) is 29.7 Å². The van der Waals surface area contributed by atoms with Crippen LogP contribution in [0.15, 0.2) is 30.6 Å². The minimum atomic E-state index is -1.59. The Labute approximate surface area is 164 Å². The molecule has 3 heterocycles. The predicted octanol–water partition coefficient (Wildman–Crippen LogP) is 0.956. The lowest BCUT2D eigenvalue weighted by Gasteiger charge is -2.23. The third kappa shape index (κ3) is 3.39. The molecule has 7 heteroatoms. The highest BCUT2D eigenvalue weighted by Crippen LogP contribution is 2.26. The van der Waals surface area contributed by atoms with E-state index in [4.69, 9.17) is 5.73 Å². The summed E-state index contributed by atoms with van der Waals surface area (Å²) in [5, 5.41) is 10.5. The SMILES string of the molecule is CN1CC[C@@](O)(C#Cc2cccc(N3CCCc4ncnc(N)c4C3)c2)C1=O. The van der Waals surface area contributed by atoms with Crippen molar-refractivity contribution in [2.45, 2.75) is 31.4 Å². The van der Waals surface area contributed by atoms with Gasteiger partial charge in [0.2, 0.25) is 5.60 Å². The fourth-order valence-corrected chi connectivity index (χ4v) is 3.71. The zero-order chi connectivity index (χ0) is 19.7. The van der Waals surface area contributed by atoms with Crippen LogP contribution >= 0.6 is 0 Å². The van der Waals surface area contributed by atoms with Gasteiger partial charge >= 0.3 is 0 Å². The lowest BCUT2D eigenvalue weighted by atomic mass is 10.0. The van der Waals surface area contributed by atoms with Gasteiger partial charge in [0.05, 0.1) is 5.69 Å². The molecule has 1 aromatic carbocycles. The number of aryl methyl sites for hydroxylation is 1. The Hall–Kier alpha value is -3.11. The van der Waals surface area contributed by atoms with Crippen LogP contribution in [-0.2, 0) is 17.8 Å². The molecule has 0 aliphatic carbocycles. The first-order valence-electron chi connectivity index (χ1n) is 9.41. The van der Waals surface area contributed by atoms with Crippen molar-refractivity contribution in [1.29, 1.82) is 0 Å². The van der Waals surface area contributed by atoms with Crippen LogP contribution in [0.4, 0.5) is 11.5 Å². The van der Waals surface area contributed by atoms with E-state index in [2.05, 4.69) is 26.7 Å². The van der Waals surface area contributed by atoms with Gasteiger partial charge in [-0.15, -0.1) is 0 Å². The number of nitrogens with two attached hydrogens (primary N) is 1. The maximum absolute atomic E-state index is 12.1. The summed E-state index contributed by atoms with van der Waals surface area (Å²) in [7, 11) is 1.68. The smallest absolute Gasteiger partial charge is 0.267 e. The number of likely N-dealkylation sites (N-methyl/N-ethyl adjacent to an activating group) is 1. The molecule has 0 saturated carbocycles. The lowest BCUT2D eigenvalue weighted by Crippen LogP contribution is -2.37. The minimum Gasteiger partial charge on any atom is -0.383 e. The molecule has 4 rings (SSSR count). The summed E-state index contributed by atoms with van der Waals surface area (Å²) in [6.45, 7) is 2.03. The van der Waals surface area contributed by atoms with E-state index in [1.54, 1.807) is 7.05 Å². The predicted molar refractivity (Wildman–Crippen MR) is 106 cm³/mol. The van der Waals surface area contributed by atoms with Gasteiger partial charge in [-0.3, -0.25) is 4.79 Å². The number of anilines is 2. The zero-order valence-electron chi connectivity index (χ0n) is 15.9. The van der Waals surface area contributed by atoms with Crippen molar-refractivity contribution >= 4 is 17.4 Å². The first kappa shape index (κ1) is 18.3. The molecule has 3 N–H and O–H groups in total. The molecule has 1 fully saturated rings. The third-order valence-electron chi connectivity index (χ3n) is 5.39. The van der Waals surface area contributed by atoms with E-state index < -0.39 is 5.60 Å². The van der Waals surface area contributed by atoms with E-state index in [0.717, 1.165) is 41.9 Å². The quantitative estimate of drug-likeness (QED) is 0.719. The van der Waals surface area contributed by atoms with Gasteiger partial charge in [0, 0.05) is 49.9 Å². The molecular formula is C21H23N5O2. The average molecular weight is 377 g/mol. The Balaban J connectivity index is 1.59. The van der Waals surface area contributed by atoms with Gasteiger partial charge < -0.3 is 20.6 Å². The van der Waals surface area contributed by atoms with Crippen LogP contribution in [-0.4, -0.2) is 51.6 Å². The lowest BCUT2D eigenvalue weighted by molar-refractivity contribution is -0.137. The molecule has 1 aromatic heterocycles. The molecule has 0 unspecified atom stereocenters. The summed E-state index contributed by atoms with van der Waals surface area (Å²) in [4.78, 5) is 24.3. The van der Waals surface area contributed by atoms with Crippen LogP contribution in [0.3, 0.4) is 0 Å². The Kier molecular flexibility index (Phi) is 4.65. The van der Waals surface area contributed by atoms with Gasteiger partial charge in [-0.05, 0) is 31.0 Å². The molecule has 2 aromatic rings. The number of hydrogen-bond donors (Lipinski definition) is 2. The number of aliphatic hydroxyl groups is 1. The summed E-state index contributed by atoms with van der Waals surface area (Å²) in [5.74, 6) is 5.95. The van der Waals surface area contributed by atoms with Gasteiger partial charge in [-0.25, -0.2) is 9.97 Å². The van der Waals surface area contributed by atoms with Crippen molar-refractivity contribution in [3.63, 3.8) is 0 Å². The van der Waals surface area contributed by atoms with Crippen LogP contribution in [0, 0.1) is 11.8 Å². The van der Waals surface area contributed by atoms with Gasteiger partial charge in [-0.1, -0.05) is 17.9 Å². The second-order valence-electron chi connectivity index (χ2n) is 7.35. The standard InChI is InChI=1S/C21H23N5O2/c1-25-11-9-21(28,20(25)27)8-7-15-4-2-5-16(12-15)26-10-3-6-18-17(13-26)19(22)24-14-23-18/h2,4-5,12,14,28H,3,6,9-11,13H2,1H3,(H2,22,23,24)/t21-/m0/s1. The Morgan fingerprint density at radius 3 is 2.93 bits per heavy atom. The fourth-order valence-electron chi connectivity index (χ4n) is 3.71. The number of benzene rings is 1. The molecule has 2 aliphatic rings. The van der Waals surface area contributed by atoms with E-state index in [1.807, 2.05) is 24.3 Å². The largest absolute Gasteiger partial charge is 0.383 e.